The molecule has 1 heterocycles. The highest BCUT2D eigenvalue weighted by molar-refractivity contribution is 7.99. The van der Waals surface area contributed by atoms with Gasteiger partial charge in [-0.05, 0) is 12.2 Å². The molecular weight excluding hydrogens is 196 g/mol. The van der Waals surface area contributed by atoms with Gasteiger partial charge in [-0.25, -0.2) is 15.8 Å². The summed E-state index contributed by atoms with van der Waals surface area (Å²) >= 11 is 1.70. The van der Waals surface area contributed by atoms with Crippen molar-refractivity contribution in [3.63, 3.8) is 0 Å². The minimum Gasteiger partial charge on any atom is -0.308 e. The van der Waals surface area contributed by atoms with Crippen LogP contribution in [0.5, 0.6) is 0 Å². The maximum absolute atomic E-state index is 5.33. The molecule has 3 N–H and O–H groups in total. The standard InChI is InChI=1S/C9H16N4S/c1-3-5-7-11-8(13-10)6-9(12-7)14-4-2/h6H,3-5,10H2,1-2H3,(H,11,12,13). The van der Waals surface area contributed by atoms with Crippen LogP contribution in [0, 0.1) is 0 Å². The molecule has 0 unspecified atom stereocenters. The molecule has 0 atom stereocenters. The fourth-order valence-corrected chi connectivity index (χ4v) is 1.76. The van der Waals surface area contributed by atoms with E-state index in [-0.39, 0.29) is 0 Å². The Bertz CT molecular complexity index is 266. The summed E-state index contributed by atoms with van der Waals surface area (Å²) in [4.78, 5) is 8.68. The number of thioether (sulfide) groups is 1. The van der Waals surface area contributed by atoms with Gasteiger partial charge in [0.1, 0.15) is 16.7 Å². The Kier molecular flexibility index (Phi) is 4.69. The average Bonchev–Trinajstić information content (AvgIpc) is 2.18. The molecule has 1 aromatic heterocycles. The van der Waals surface area contributed by atoms with Gasteiger partial charge in [0.25, 0.3) is 0 Å². The number of nitrogens with zero attached hydrogens (tertiary/aromatic N) is 2. The third-order valence-corrected chi connectivity index (χ3v) is 2.46. The Labute approximate surface area is 88.7 Å². The maximum Gasteiger partial charge on any atom is 0.144 e. The summed E-state index contributed by atoms with van der Waals surface area (Å²) in [6.45, 7) is 4.21. The molecule has 0 saturated heterocycles. The molecule has 0 radical (unpaired) electrons. The lowest BCUT2D eigenvalue weighted by Crippen LogP contribution is -2.10. The van der Waals surface area contributed by atoms with Crippen LogP contribution in [0.3, 0.4) is 0 Å². The van der Waals surface area contributed by atoms with Gasteiger partial charge >= 0.3 is 0 Å². The van der Waals surface area contributed by atoms with Crippen LogP contribution in [0.15, 0.2) is 11.1 Å². The van der Waals surface area contributed by atoms with E-state index >= 15 is 0 Å². The summed E-state index contributed by atoms with van der Waals surface area (Å²) in [5.41, 5.74) is 2.56. The van der Waals surface area contributed by atoms with Crippen LogP contribution in [0.25, 0.3) is 0 Å². The number of nitrogen functional groups attached to an aromatic ring is 1. The van der Waals surface area contributed by atoms with Gasteiger partial charge in [0.05, 0.1) is 0 Å². The molecule has 0 bridgehead atoms. The quantitative estimate of drug-likeness (QED) is 0.337. The monoisotopic (exact) mass is 212 g/mol. The lowest BCUT2D eigenvalue weighted by Gasteiger charge is -2.05. The van der Waals surface area contributed by atoms with Crippen LogP contribution >= 0.6 is 11.8 Å². The van der Waals surface area contributed by atoms with Gasteiger partial charge in [-0.2, -0.15) is 0 Å². The number of hydrogen-bond acceptors (Lipinski definition) is 5. The third-order valence-electron chi connectivity index (χ3n) is 1.66. The Hall–Kier alpha value is -0.810. The van der Waals surface area contributed by atoms with Gasteiger partial charge in [0.15, 0.2) is 0 Å². The molecular formula is C9H16N4S. The highest BCUT2D eigenvalue weighted by Gasteiger charge is 2.02. The molecule has 0 aliphatic carbocycles. The molecule has 1 rings (SSSR count). The minimum absolute atomic E-state index is 0.694. The van der Waals surface area contributed by atoms with Crippen molar-refractivity contribution in [2.45, 2.75) is 31.7 Å². The number of nitrogens with two attached hydrogens (primary N) is 1. The molecule has 14 heavy (non-hydrogen) atoms. The zero-order valence-electron chi connectivity index (χ0n) is 8.58. The largest absolute Gasteiger partial charge is 0.308 e. The number of nitrogens with one attached hydrogen (secondary N) is 1. The summed E-state index contributed by atoms with van der Waals surface area (Å²) in [5.74, 6) is 7.89. The van der Waals surface area contributed by atoms with Crippen molar-refractivity contribution in [3.8, 4) is 0 Å². The molecule has 0 aliphatic heterocycles. The van der Waals surface area contributed by atoms with E-state index in [4.69, 9.17) is 5.84 Å². The zero-order valence-corrected chi connectivity index (χ0v) is 9.40. The van der Waals surface area contributed by atoms with E-state index in [1.54, 1.807) is 11.8 Å². The van der Waals surface area contributed by atoms with Crippen LogP contribution in [0.2, 0.25) is 0 Å². The fraction of sp³-hybridized carbons (Fsp3) is 0.556. The second-order valence-corrected chi connectivity index (χ2v) is 4.12. The summed E-state index contributed by atoms with van der Waals surface area (Å²) in [6.07, 6.45) is 1.94. The number of rotatable bonds is 5. The van der Waals surface area contributed by atoms with Gasteiger partial charge in [-0.15, -0.1) is 11.8 Å². The lowest BCUT2D eigenvalue weighted by molar-refractivity contribution is 0.810. The zero-order chi connectivity index (χ0) is 10.4. The molecule has 78 valence electrons. The Morgan fingerprint density at radius 3 is 2.79 bits per heavy atom. The first-order valence-electron chi connectivity index (χ1n) is 4.77. The summed E-state index contributed by atoms with van der Waals surface area (Å²) in [5, 5.41) is 0.985. The summed E-state index contributed by atoms with van der Waals surface area (Å²) in [7, 11) is 0. The Morgan fingerprint density at radius 1 is 1.43 bits per heavy atom. The smallest absolute Gasteiger partial charge is 0.144 e. The number of anilines is 1. The maximum atomic E-state index is 5.33. The SMILES string of the molecule is CCCc1nc(NN)cc(SCC)n1. The van der Waals surface area contributed by atoms with E-state index in [9.17, 15) is 0 Å². The van der Waals surface area contributed by atoms with E-state index in [1.807, 2.05) is 6.07 Å². The van der Waals surface area contributed by atoms with E-state index in [0.717, 1.165) is 29.4 Å². The van der Waals surface area contributed by atoms with Crippen LogP contribution in [-0.2, 0) is 6.42 Å². The van der Waals surface area contributed by atoms with E-state index in [1.165, 1.54) is 0 Å². The van der Waals surface area contributed by atoms with Crippen LogP contribution in [-0.4, -0.2) is 15.7 Å². The number of hydrogen-bond donors (Lipinski definition) is 2. The van der Waals surface area contributed by atoms with Crippen molar-refractivity contribution in [3.05, 3.63) is 11.9 Å². The van der Waals surface area contributed by atoms with Crippen molar-refractivity contribution in [2.24, 2.45) is 5.84 Å². The molecule has 1 aromatic rings. The van der Waals surface area contributed by atoms with E-state index < -0.39 is 0 Å². The van der Waals surface area contributed by atoms with Crippen molar-refractivity contribution in [2.75, 3.05) is 11.2 Å². The first-order valence-corrected chi connectivity index (χ1v) is 5.76. The van der Waals surface area contributed by atoms with Gasteiger partial charge < -0.3 is 5.43 Å². The predicted molar refractivity (Wildman–Crippen MR) is 60.2 cm³/mol. The Morgan fingerprint density at radius 2 is 2.21 bits per heavy atom. The van der Waals surface area contributed by atoms with Gasteiger partial charge in [-0.3, -0.25) is 0 Å². The summed E-state index contributed by atoms with van der Waals surface area (Å²) < 4.78 is 0. The van der Waals surface area contributed by atoms with Crippen LogP contribution in [0.4, 0.5) is 5.82 Å². The topological polar surface area (TPSA) is 63.8 Å². The second-order valence-electron chi connectivity index (χ2n) is 2.84. The van der Waals surface area contributed by atoms with Gasteiger partial charge in [-0.1, -0.05) is 13.8 Å². The predicted octanol–water partition coefficient (Wildman–Crippen LogP) is 1.83. The first kappa shape index (κ1) is 11.3. The van der Waals surface area contributed by atoms with Crippen molar-refractivity contribution in [1.29, 1.82) is 0 Å². The number of aromatic nitrogens is 2. The van der Waals surface area contributed by atoms with Crippen LogP contribution < -0.4 is 11.3 Å². The summed E-state index contributed by atoms with van der Waals surface area (Å²) in [6, 6.07) is 1.87. The molecule has 0 saturated carbocycles. The minimum atomic E-state index is 0.694. The highest BCUT2D eigenvalue weighted by Crippen LogP contribution is 2.18. The van der Waals surface area contributed by atoms with E-state index in [2.05, 4.69) is 29.2 Å². The molecule has 4 nitrogen and oxygen atoms in total. The Balaban J connectivity index is 2.88. The van der Waals surface area contributed by atoms with Crippen molar-refractivity contribution >= 4 is 17.6 Å². The molecule has 0 aromatic carbocycles. The average molecular weight is 212 g/mol. The highest BCUT2D eigenvalue weighted by atomic mass is 32.2. The fourth-order valence-electron chi connectivity index (χ4n) is 1.10. The number of hydrazine groups is 1. The first-order chi connectivity index (χ1) is 6.80. The van der Waals surface area contributed by atoms with Crippen LogP contribution in [0.1, 0.15) is 26.1 Å². The molecule has 5 heteroatoms. The molecule has 0 fully saturated rings. The van der Waals surface area contributed by atoms with Crippen molar-refractivity contribution in [1.82, 2.24) is 9.97 Å². The lowest BCUT2D eigenvalue weighted by atomic mass is 10.3. The van der Waals surface area contributed by atoms with E-state index in [0.29, 0.717) is 5.82 Å². The normalized spacial score (nSPS) is 10.2. The molecule has 0 spiro atoms. The number of aryl methyl sites for hydroxylation is 1. The third kappa shape index (κ3) is 3.16. The second kappa shape index (κ2) is 5.82. The molecule has 0 aliphatic rings. The van der Waals surface area contributed by atoms with Gasteiger partial charge in [0.2, 0.25) is 0 Å². The van der Waals surface area contributed by atoms with Crippen molar-refractivity contribution < 1.29 is 0 Å². The molecule has 0 amide bonds. The van der Waals surface area contributed by atoms with Gasteiger partial charge in [0, 0.05) is 12.5 Å².